The van der Waals surface area contributed by atoms with E-state index >= 15 is 0 Å². The van der Waals surface area contributed by atoms with Gasteiger partial charge in [0.15, 0.2) is 0 Å². The van der Waals surface area contributed by atoms with Gasteiger partial charge in [0.1, 0.15) is 5.76 Å². The van der Waals surface area contributed by atoms with E-state index in [9.17, 15) is 14.7 Å². The van der Waals surface area contributed by atoms with Crippen LogP contribution in [0.4, 0.5) is 0 Å². The Kier molecular flexibility index (Phi) is 5.68. The maximum atomic E-state index is 13.0. The van der Waals surface area contributed by atoms with Gasteiger partial charge in [-0.05, 0) is 23.6 Å². The van der Waals surface area contributed by atoms with E-state index in [-0.39, 0.29) is 11.3 Å². The number of hydrogen-bond donors (Lipinski definition) is 1. The summed E-state index contributed by atoms with van der Waals surface area (Å²) in [6.07, 6.45) is 0.584. The van der Waals surface area contributed by atoms with Crippen molar-refractivity contribution >= 4 is 29.1 Å². The third kappa shape index (κ3) is 3.74. The van der Waals surface area contributed by atoms with Crippen LogP contribution in [-0.2, 0) is 16.0 Å². The van der Waals surface area contributed by atoms with Gasteiger partial charge in [0.05, 0.1) is 11.6 Å². The first-order valence-electron chi connectivity index (χ1n) is 9.70. The van der Waals surface area contributed by atoms with Crippen LogP contribution in [0, 0.1) is 0 Å². The van der Waals surface area contributed by atoms with Gasteiger partial charge in [-0.3, -0.25) is 9.59 Å². The summed E-state index contributed by atoms with van der Waals surface area (Å²) in [4.78, 5) is 27.4. The van der Waals surface area contributed by atoms with E-state index in [0.717, 1.165) is 5.56 Å². The number of carbonyl (C=O) groups is 2. The smallest absolute Gasteiger partial charge is 0.295 e. The molecular weight excluding hydrogens is 398 g/mol. The van der Waals surface area contributed by atoms with Crippen LogP contribution in [0.2, 0.25) is 5.02 Å². The quantitative estimate of drug-likeness (QED) is 0.361. The fourth-order valence-electron chi connectivity index (χ4n) is 3.78. The first-order chi connectivity index (χ1) is 14.6. The number of amides is 1. The molecule has 0 radical (unpaired) electrons. The number of benzene rings is 3. The van der Waals surface area contributed by atoms with E-state index in [2.05, 4.69) is 0 Å². The van der Waals surface area contributed by atoms with Crippen molar-refractivity contribution in [3.05, 3.63) is 112 Å². The van der Waals surface area contributed by atoms with Gasteiger partial charge in [-0.2, -0.15) is 0 Å². The molecule has 4 nitrogen and oxygen atoms in total. The summed E-state index contributed by atoms with van der Waals surface area (Å²) >= 11 is 6.44. The molecule has 0 saturated carbocycles. The summed E-state index contributed by atoms with van der Waals surface area (Å²) in [7, 11) is 0. The van der Waals surface area contributed by atoms with Crippen LogP contribution < -0.4 is 0 Å². The molecule has 1 atom stereocenters. The normalized spacial score (nSPS) is 18.0. The SMILES string of the molecule is O=C1C(=O)N(CCc2ccccc2)C(c2ccccc2Cl)/C1=C(\O)c1ccccc1. The van der Waals surface area contributed by atoms with Crippen LogP contribution in [-0.4, -0.2) is 28.2 Å². The number of carbonyl (C=O) groups excluding carboxylic acids is 2. The fraction of sp³-hybridized carbons (Fsp3) is 0.120. The van der Waals surface area contributed by atoms with E-state index in [0.29, 0.717) is 29.1 Å². The fourth-order valence-corrected chi connectivity index (χ4v) is 4.02. The highest BCUT2D eigenvalue weighted by molar-refractivity contribution is 6.47. The predicted octanol–water partition coefficient (Wildman–Crippen LogP) is 5.00. The zero-order chi connectivity index (χ0) is 21.1. The molecule has 1 saturated heterocycles. The Balaban J connectivity index is 1.80. The first-order valence-corrected chi connectivity index (χ1v) is 10.1. The molecule has 3 aromatic rings. The number of halogens is 1. The summed E-state index contributed by atoms with van der Waals surface area (Å²) in [5.41, 5.74) is 2.22. The Morgan fingerprint density at radius 1 is 0.867 bits per heavy atom. The third-order valence-electron chi connectivity index (χ3n) is 5.27. The molecule has 1 amide bonds. The van der Waals surface area contributed by atoms with E-state index in [1.807, 2.05) is 36.4 Å². The van der Waals surface area contributed by atoms with Gasteiger partial charge < -0.3 is 10.0 Å². The summed E-state index contributed by atoms with van der Waals surface area (Å²) in [6.45, 7) is 0.329. The second-order valence-electron chi connectivity index (χ2n) is 7.12. The van der Waals surface area contributed by atoms with Gasteiger partial charge in [-0.15, -0.1) is 0 Å². The maximum Gasteiger partial charge on any atom is 0.295 e. The van der Waals surface area contributed by atoms with Gasteiger partial charge >= 0.3 is 0 Å². The number of aliphatic hydroxyl groups excluding tert-OH is 1. The van der Waals surface area contributed by atoms with Gasteiger partial charge in [0.2, 0.25) is 0 Å². The van der Waals surface area contributed by atoms with Crippen molar-refractivity contribution in [2.75, 3.05) is 6.54 Å². The van der Waals surface area contributed by atoms with Gasteiger partial charge in [-0.1, -0.05) is 90.5 Å². The number of nitrogens with zero attached hydrogens (tertiary/aromatic N) is 1. The lowest BCUT2D eigenvalue weighted by Crippen LogP contribution is -2.31. The number of rotatable bonds is 5. The minimum atomic E-state index is -0.748. The van der Waals surface area contributed by atoms with Crippen LogP contribution >= 0.6 is 11.6 Å². The molecule has 0 aliphatic carbocycles. The molecule has 5 heteroatoms. The van der Waals surface area contributed by atoms with E-state index < -0.39 is 17.7 Å². The molecule has 1 N–H and O–H groups in total. The Labute approximate surface area is 180 Å². The molecule has 1 fully saturated rings. The molecule has 0 spiro atoms. The zero-order valence-corrected chi connectivity index (χ0v) is 16.9. The van der Waals surface area contributed by atoms with Crippen molar-refractivity contribution in [2.45, 2.75) is 12.5 Å². The van der Waals surface area contributed by atoms with Gasteiger partial charge in [-0.25, -0.2) is 0 Å². The second kappa shape index (κ2) is 8.56. The van der Waals surface area contributed by atoms with Crippen molar-refractivity contribution in [1.82, 2.24) is 4.90 Å². The Bertz CT molecular complexity index is 1110. The zero-order valence-electron chi connectivity index (χ0n) is 16.2. The van der Waals surface area contributed by atoms with Crippen LogP contribution in [0.25, 0.3) is 5.76 Å². The Morgan fingerprint density at radius 2 is 1.47 bits per heavy atom. The van der Waals surface area contributed by atoms with E-state index in [1.54, 1.807) is 48.5 Å². The van der Waals surface area contributed by atoms with Crippen LogP contribution in [0.15, 0.2) is 90.5 Å². The van der Waals surface area contributed by atoms with Crippen LogP contribution in [0.3, 0.4) is 0 Å². The Hall–Kier alpha value is -3.37. The van der Waals surface area contributed by atoms with Crippen molar-refractivity contribution in [1.29, 1.82) is 0 Å². The lowest BCUT2D eigenvalue weighted by Gasteiger charge is -2.26. The number of likely N-dealkylation sites (tertiary alicyclic amines) is 1. The van der Waals surface area contributed by atoms with Crippen LogP contribution in [0.5, 0.6) is 0 Å². The maximum absolute atomic E-state index is 13.0. The molecule has 1 aliphatic heterocycles. The van der Waals surface area contributed by atoms with Crippen molar-refractivity contribution in [2.24, 2.45) is 0 Å². The first kappa shape index (κ1) is 19.9. The number of aliphatic hydroxyl groups is 1. The minimum Gasteiger partial charge on any atom is -0.507 e. The topological polar surface area (TPSA) is 57.6 Å². The average Bonchev–Trinajstić information content (AvgIpc) is 3.03. The lowest BCUT2D eigenvalue weighted by atomic mass is 9.95. The van der Waals surface area contributed by atoms with Crippen molar-refractivity contribution < 1.29 is 14.7 Å². The Morgan fingerprint density at radius 3 is 2.13 bits per heavy atom. The average molecular weight is 418 g/mol. The van der Waals surface area contributed by atoms with E-state index in [1.165, 1.54) is 4.90 Å². The second-order valence-corrected chi connectivity index (χ2v) is 7.52. The van der Waals surface area contributed by atoms with E-state index in [4.69, 9.17) is 11.6 Å². The molecule has 0 bridgehead atoms. The minimum absolute atomic E-state index is 0.0624. The predicted molar refractivity (Wildman–Crippen MR) is 117 cm³/mol. The molecule has 0 aromatic heterocycles. The standard InChI is InChI=1S/C25H20ClNO3/c26-20-14-8-7-13-19(20)22-21(23(28)18-11-5-2-6-12-18)24(29)25(30)27(22)16-15-17-9-3-1-4-10-17/h1-14,22,28H,15-16H2/b23-21+. The highest BCUT2D eigenvalue weighted by Crippen LogP contribution is 2.41. The molecular formula is C25H20ClNO3. The highest BCUT2D eigenvalue weighted by Gasteiger charge is 2.46. The number of ketones is 1. The van der Waals surface area contributed by atoms with Gasteiger partial charge in [0.25, 0.3) is 11.7 Å². The molecule has 150 valence electrons. The van der Waals surface area contributed by atoms with Crippen molar-refractivity contribution in [3.8, 4) is 0 Å². The lowest BCUT2D eigenvalue weighted by molar-refractivity contribution is -0.139. The van der Waals surface area contributed by atoms with Crippen LogP contribution in [0.1, 0.15) is 22.7 Å². The molecule has 1 heterocycles. The molecule has 30 heavy (non-hydrogen) atoms. The summed E-state index contributed by atoms with van der Waals surface area (Å²) in [6, 6.07) is 24.9. The van der Waals surface area contributed by atoms with Gasteiger partial charge in [0, 0.05) is 17.1 Å². The molecule has 1 aliphatic rings. The third-order valence-corrected chi connectivity index (χ3v) is 5.62. The molecule has 1 unspecified atom stereocenters. The summed E-state index contributed by atoms with van der Waals surface area (Å²) in [5, 5.41) is 11.4. The largest absolute Gasteiger partial charge is 0.507 e. The molecule has 4 rings (SSSR count). The molecule has 3 aromatic carbocycles. The number of Topliss-reactive ketones (excluding diaryl/α,β-unsaturated/α-hetero) is 1. The summed E-state index contributed by atoms with van der Waals surface area (Å²) < 4.78 is 0. The summed E-state index contributed by atoms with van der Waals surface area (Å²) in [5.74, 6) is -1.52. The van der Waals surface area contributed by atoms with Crippen molar-refractivity contribution in [3.63, 3.8) is 0 Å². The highest BCUT2D eigenvalue weighted by atomic mass is 35.5. The monoisotopic (exact) mass is 417 g/mol. The number of hydrogen-bond acceptors (Lipinski definition) is 3.